The molecule has 0 aromatic heterocycles. The molecule has 0 saturated carbocycles. The van der Waals surface area contributed by atoms with Crippen LogP contribution in [0.2, 0.25) is 5.02 Å². The van der Waals surface area contributed by atoms with Crippen molar-refractivity contribution in [1.82, 2.24) is 0 Å². The number of amides is 1. The Kier molecular flexibility index (Phi) is 7.87. The van der Waals surface area contributed by atoms with E-state index in [1.807, 2.05) is 6.07 Å². The molecule has 0 saturated heterocycles. The van der Waals surface area contributed by atoms with Crippen molar-refractivity contribution in [2.24, 2.45) is 0 Å². The van der Waals surface area contributed by atoms with E-state index in [1.54, 1.807) is 54.6 Å². The molecule has 0 atom stereocenters. The zero-order valence-electron chi connectivity index (χ0n) is 16.5. The number of rotatable bonds is 7. The van der Waals surface area contributed by atoms with E-state index in [2.05, 4.69) is 27.9 Å². The van der Waals surface area contributed by atoms with Gasteiger partial charge in [0, 0.05) is 10.7 Å². The first-order valence-electron chi connectivity index (χ1n) is 9.29. The predicted octanol–water partition coefficient (Wildman–Crippen LogP) is 5.77. The van der Waals surface area contributed by atoms with Crippen LogP contribution >= 0.6 is 34.2 Å². The second-order valence-electron chi connectivity index (χ2n) is 6.61. The Morgan fingerprint density at radius 3 is 2.50 bits per heavy atom. The molecule has 3 aromatic rings. The van der Waals surface area contributed by atoms with Gasteiger partial charge in [-0.15, -0.1) is 0 Å². The lowest BCUT2D eigenvalue weighted by molar-refractivity contribution is -0.112. The van der Waals surface area contributed by atoms with Crippen LogP contribution in [0.1, 0.15) is 21.5 Å². The normalized spacial score (nSPS) is 10.8. The van der Waals surface area contributed by atoms with Crippen molar-refractivity contribution in [1.29, 1.82) is 5.26 Å². The molecular formula is C24H16ClIN2O4. The van der Waals surface area contributed by atoms with E-state index in [0.29, 0.717) is 22.0 Å². The molecule has 1 amide bonds. The first-order chi connectivity index (χ1) is 15.4. The minimum absolute atomic E-state index is 0.0482. The highest BCUT2D eigenvalue weighted by Gasteiger charge is 2.11. The van der Waals surface area contributed by atoms with Crippen molar-refractivity contribution in [2.75, 3.05) is 5.32 Å². The maximum atomic E-state index is 12.4. The van der Waals surface area contributed by atoms with Crippen LogP contribution in [0.25, 0.3) is 6.08 Å². The van der Waals surface area contributed by atoms with E-state index < -0.39 is 11.9 Å². The Hall–Kier alpha value is -3.35. The second-order valence-corrected chi connectivity index (χ2v) is 8.21. The van der Waals surface area contributed by atoms with Gasteiger partial charge in [0.15, 0.2) is 0 Å². The number of nitrogens with zero attached hydrogens (tertiary/aromatic N) is 1. The summed E-state index contributed by atoms with van der Waals surface area (Å²) in [5.74, 6) is -0.879. The summed E-state index contributed by atoms with van der Waals surface area (Å²) in [6.45, 7) is 0.274. The number of benzene rings is 3. The first-order valence-corrected chi connectivity index (χ1v) is 10.7. The average molecular weight is 559 g/mol. The number of carboxylic acids is 1. The van der Waals surface area contributed by atoms with Crippen LogP contribution in [0.15, 0.2) is 72.3 Å². The van der Waals surface area contributed by atoms with Crippen LogP contribution in [0, 0.1) is 14.9 Å². The van der Waals surface area contributed by atoms with E-state index in [4.69, 9.17) is 21.4 Å². The Morgan fingerprint density at radius 1 is 1.12 bits per heavy atom. The first kappa shape index (κ1) is 23.3. The van der Waals surface area contributed by atoms with Crippen molar-refractivity contribution in [3.63, 3.8) is 0 Å². The lowest BCUT2D eigenvalue weighted by Crippen LogP contribution is -2.13. The van der Waals surface area contributed by atoms with Crippen molar-refractivity contribution < 1.29 is 19.4 Å². The quantitative estimate of drug-likeness (QED) is 0.218. The number of nitriles is 1. The van der Waals surface area contributed by atoms with Crippen LogP contribution in [-0.4, -0.2) is 17.0 Å². The van der Waals surface area contributed by atoms with Crippen LogP contribution < -0.4 is 10.1 Å². The van der Waals surface area contributed by atoms with E-state index in [0.717, 1.165) is 9.13 Å². The summed E-state index contributed by atoms with van der Waals surface area (Å²) in [6.07, 6.45) is 1.50. The highest BCUT2D eigenvalue weighted by atomic mass is 127. The molecule has 0 heterocycles. The number of anilines is 1. The van der Waals surface area contributed by atoms with Gasteiger partial charge in [-0.3, -0.25) is 4.79 Å². The number of ether oxygens (including phenoxy) is 1. The molecule has 0 fully saturated rings. The second kappa shape index (κ2) is 10.8. The standard InChI is InChI=1S/C24H16ClIN2O4/c25-19-2-1-3-20(12-19)28-23(29)18(13-27)10-16-6-9-22(21(26)11-16)32-14-15-4-7-17(8-5-15)24(30)31/h1-12H,14H2,(H,28,29)(H,30,31)/b18-10-. The van der Waals surface area contributed by atoms with Gasteiger partial charge >= 0.3 is 5.97 Å². The Bertz CT molecular complexity index is 1230. The van der Waals surface area contributed by atoms with Gasteiger partial charge in [0.1, 0.15) is 24.0 Å². The number of nitrogens with one attached hydrogen (secondary N) is 1. The van der Waals surface area contributed by atoms with E-state index in [1.165, 1.54) is 18.2 Å². The SMILES string of the molecule is N#C/C(=C/c1ccc(OCc2ccc(C(=O)O)cc2)c(I)c1)C(=O)Nc1cccc(Cl)c1. The third-order valence-corrected chi connectivity index (χ3v) is 5.39. The minimum Gasteiger partial charge on any atom is -0.488 e. The van der Waals surface area contributed by atoms with Gasteiger partial charge in [-0.25, -0.2) is 4.79 Å². The molecule has 6 nitrogen and oxygen atoms in total. The Labute approximate surface area is 203 Å². The summed E-state index contributed by atoms with van der Waals surface area (Å²) in [7, 11) is 0. The zero-order chi connectivity index (χ0) is 23.1. The van der Waals surface area contributed by atoms with Gasteiger partial charge in [0.2, 0.25) is 0 Å². The van der Waals surface area contributed by atoms with Crippen molar-refractivity contribution in [3.8, 4) is 11.8 Å². The Balaban J connectivity index is 1.68. The lowest BCUT2D eigenvalue weighted by atomic mass is 10.1. The average Bonchev–Trinajstić information content (AvgIpc) is 2.77. The molecule has 0 aliphatic rings. The molecule has 0 bridgehead atoms. The van der Waals surface area contributed by atoms with E-state index in [-0.39, 0.29) is 17.7 Å². The molecule has 0 aliphatic heterocycles. The fraction of sp³-hybridized carbons (Fsp3) is 0.0417. The largest absolute Gasteiger partial charge is 0.488 e. The molecule has 0 spiro atoms. The van der Waals surface area contributed by atoms with Crippen molar-refractivity contribution >= 4 is 57.8 Å². The van der Waals surface area contributed by atoms with E-state index >= 15 is 0 Å². The van der Waals surface area contributed by atoms with Crippen LogP contribution in [0.4, 0.5) is 5.69 Å². The number of hydrogen-bond donors (Lipinski definition) is 2. The monoisotopic (exact) mass is 558 g/mol. The van der Waals surface area contributed by atoms with Crippen LogP contribution in [0.3, 0.4) is 0 Å². The summed E-state index contributed by atoms with van der Waals surface area (Å²) in [4.78, 5) is 23.4. The van der Waals surface area contributed by atoms with Gasteiger partial charge in [-0.1, -0.05) is 35.9 Å². The topological polar surface area (TPSA) is 99.4 Å². The summed E-state index contributed by atoms with van der Waals surface area (Å²) in [5.41, 5.74) is 2.17. The smallest absolute Gasteiger partial charge is 0.335 e. The van der Waals surface area contributed by atoms with Gasteiger partial charge in [-0.05, 0) is 82.3 Å². The summed E-state index contributed by atoms with van der Waals surface area (Å²) >= 11 is 8.03. The number of hydrogen-bond acceptors (Lipinski definition) is 4. The molecule has 0 radical (unpaired) electrons. The molecule has 0 aliphatic carbocycles. The third-order valence-electron chi connectivity index (χ3n) is 4.31. The number of halogens is 2. The summed E-state index contributed by atoms with van der Waals surface area (Å²) in [6, 6.07) is 20.3. The zero-order valence-corrected chi connectivity index (χ0v) is 19.4. The fourth-order valence-electron chi connectivity index (χ4n) is 2.71. The number of carboxylic acid groups (broad SMARTS) is 1. The Morgan fingerprint density at radius 2 is 1.88 bits per heavy atom. The fourth-order valence-corrected chi connectivity index (χ4v) is 3.59. The van der Waals surface area contributed by atoms with Crippen molar-refractivity contribution in [2.45, 2.75) is 6.61 Å². The maximum Gasteiger partial charge on any atom is 0.335 e. The summed E-state index contributed by atoms with van der Waals surface area (Å²) in [5, 5.41) is 21.5. The molecule has 3 rings (SSSR count). The molecule has 160 valence electrons. The molecule has 2 N–H and O–H groups in total. The molecule has 3 aromatic carbocycles. The van der Waals surface area contributed by atoms with Gasteiger partial charge in [0.25, 0.3) is 5.91 Å². The molecule has 8 heteroatoms. The number of aromatic carboxylic acids is 1. The third kappa shape index (κ3) is 6.33. The minimum atomic E-state index is -0.978. The van der Waals surface area contributed by atoms with Crippen LogP contribution in [0.5, 0.6) is 5.75 Å². The molecular weight excluding hydrogens is 543 g/mol. The summed E-state index contributed by atoms with van der Waals surface area (Å²) < 4.78 is 6.61. The van der Waals surface area contributed by atoms with Crippen LogP contribution in [-0.2, 0) is 11.4 Å². The highest BCUT2D eigenvalue weighted by Crippen LogP contribution is 2.25. The van der Waals surface area contributed by atoms with Gasteiger partial charge in [-0.2, -0.15) is 5.26 Å². The molecule has 0 unspecified atom stereocenters. The number of carbonyl (C=O) groups is 2. The lowest BCUT2D eigenvalue weighted by Gasteiger charge is -2.10. The van der Waals surface area contributed by atoms with Gasteiger partial charge < -0.3 is 15.2 Å². The predicted molar refractivity (Wildman–Crippen MR) is 131 cm³/mol. The number of carbonyl (C=O) groups excluding carboxylic acids is 1. The highest BCUT2D eigenvalue weighted by molar-refractivity contribution is 14.1. The maximum absolute atomic E-state index is 12.4. The van der Waals surface area contributed by atoms with Gasteiger partial charge in [0.05, 0.1) is 9.13 Å². The van der Waals surface area contributed by atoms with E-state index in [9.17, 15) is 14.9 Å². The van der Waals surface area contributed by atoms with Crippen molar-refractivity contribution in [3.05, 3.63) is 97.6 Å². The molecule has 32 heavy (non-hydrogen) atoms.